The quantitative estimate of drug-likeness (QED) is 0.884. The van der Waals surface area contributed by atoms with Gasteiger partial charge >= 0.3 is 0 Å². The second kappa shape index (κ2) is 6.31. The fraction of sp³-hybridized carbons (Fsp3) is 0.200. The van der Waals surface area contributed by atoms with Crippen molar-refractivity contribution in [2.24, 2.45) is 0 Å². The summed E-state index contributed by atoms with van der Waals surface area (Å²) in [5.41, 5.74) is 1.32. The highest BCUT2D eigenvalue weighted by atomic mass is 32.2. The first-order valence-electron chi connectivity index (χ1n) is 6.54. The van der Waals surface area contributed by atoms with Gasteiger partial charge in [-0.05, 0) is 42.8 Å². The minimum absolute atomic E-state index is 0.0748. The summed E-state index contributed by atoms with van der Waals surface area (Å²) in [6.07, 6.45) is 1.07. The van der Waals surface area contributed by atoms with Gasteiger partial charge in [0.05, 0.1) is 11.9 Å². The number of halogens is 2. The highest BCUT2D eigenvalue weighted by Gasteiger charge is 2.10. The van der Waals surface area contributed by atoms with E-state index in [-0.39, 0.29) is 11.7 Å². The van der Waals surface area contributed by atoms with E-state index in [4.69, 9.17) is 0 Å². The summed E-state index contributed by atoms with van der Waals surface area (Å²) in [4.78, 5) is 0. The molecule has 0 radical (unpaired) electrons. The maximum atomic E-state index is 13.6. The van der Waals surface area contributed by atoms with Gasteiger partial charge in [0.1, 0.15) is 11.6 Å². The average molecular weight is 326 g/mol. The number of sulfonamides is 1. The van der Waals surface area contributed by atoms with Crippen molar-refractivity contribution in [1.29, 1.82) is 0 Å². The summed E-state index contributed by atoms with van der Waals surface area (Å²) in [7, 11) is -3.33. The van der Waals surface area contributed by atoms with Crippen LogP contribution in [0.25, 0.3) is 0 Å². The molecule has 0 fully saturated rings. The van der Waals surface area contributed by atoms with Crippen LogP contribution in [0, 0.1) is 11.6 Å². The highest BCUT2D eigenvalue weighted by Crippen LogP contribution is 2.23. The molecule has 118 valence electrons. The van der Waals surface area contributed by atoms with Gasteiger partial charge in [-0.15, -0.1) is 0 Å². The number of hydrogen-bond acceptors (Lipinski definition) is 3. The third-order valence-electron chi connectivity index (χ3n) is 3.01. The molecule has 7 heteroatoms. The molecule has 0 bridgehead atoms. The highest BCUT2D eigenvalue weighted by molar-refractivity contribution is 7.92. The molecule has 2 aromatic carbocycles. The smallest absolute Gasteiger partial charge is 0.229 e. The van der Waals surface area contributed by atoms with Crippen LogP contribution in [-0.4, -0.2) is 14.7 Å². The molecule has 2 rings (SSSR count). The lowest BCUT2D eigenvalue weighted by Crippen LogP contribution is -2.10. The van der Waals surface area contributed by atoms with E-state index in [9.17, 15) is 17.2 Å². The molecule has 0 amide bonds. The second-order valence-corrected chi connectivity index (χ2v) is 6.73. The molecule has 0 aliphatic carbocycles. The summed E-state index contributed by atoms with van der Waals surface area (Å²) in [5.74, 6) is -1.06. The Balaban J connectivity index is 2.13. The molecule has 0 unspecified atom stereocenters. The zero-order valence-electron chi connectivity index (χ0n) is 12.1. The largest absolute Gasteiger partial charge is 0.376 e. The van der Waals surface area contributed by atoms with Crippen LogP contribution in [0.3, 0.4) is 0 Å². The Hall–Kier alpha value is -2.15. The Morgan fingerprint density at radius 1 is 1.05 bits per heavy atom. The Bertz CT molecular complexity index is 762. The molecule has 1 atom stereocenters. The van der Waals surface area contributed by atoms with Crippen molar-refractivity contribution in [3.8, 4) is 0 Å². The summed E-state index contributed by atoms with van der Waals surface area (Å²) < 4.78 is 51.3. The summed E-state index contributed by atoms with van der Waals surface area (Å²) in [6.45, 7) is 1.79. The lowest BCUT2D eigenvalue weighted by Gasteiger charge is -2.17. The van der Waals surface area contributed by atoms with Crippen LogP contribution >= 0.6 is 0 Å². The van der Waals surface area contributed by atoms with Crippen LogP contribution in [0.1, 0.15) is 18.5 Å². The Labute approximate surface area is 128 Å². The van der Waals surface area contributed by atoms with Crippen molar-refractivity contribution < 1.29 is 17.2 Å². The van der Waals surface area contributed by atoms with Crippen LogP contribution in [-0.2, 0) is 10.0 Å². The molecule has 2 N–H and O–H groups in total. The summed E-state index contributed by atoms with van der Waals surface area (Å²) in [6, 6.07) is 9.56. The minimum Gasteiger partial charge on any atom is -0.376 e. The maximum absolute atomic E-state index is 13.6. The molecule has 0 aromatic heterocycles. The molecule has 2 aromatic rings. The third kappa shape index (κ3) is 4.42. The van der Waals surface area contributed by atoms with E-state index in [0.717, 1.165) is 30.0 Å². The number of anilines is 2. The molecular formula is C15H16F2N2O2S. The van der Waals surface area contributed by atoms with Gasteiger partial charge < -0.3 is 5.32 Å². The SMILES string of the molecule is C[C@@H](Nc1cc(F)ccc1F)c1ccc(NS(C)(=O)=O)cc1. The minimum atomic E-state index is -3.33. The second-order valence-electron chi connectivity index (χ2n) is 4.99. The van der Waals surface area contributed by atoms with Gasteiger partial charge in [-0.3, -0.25) is 4.72 Å². The fourth-order valence-electron chi connectivity index (χ4n) is 1.98. The topological polar surface area (TPSA) is 58.2 Å². The van der Waals surface area contributed by atoms with E-state index in [2.05, 4.69) is 10.0 Å². The maximum Gasteiger partial charge on any atom is 0.229 e. The van der Waals surface area contributed by atoms with Crippen molar-refractivity contribution in [2.75, 3.05) is 16.3 Å². The van der Waals surface area contributed by atoms with E-state index in [0.29, 0.717) is 5.69 Å². The van der Waals surface area contributed by atoms with E-state index >= 15 is 0 Å². The number of benzene rings is 2. The molecule has 0 spiro atoms. The molecule has 0 saturated heterocycles. The zero-order valence-corrected chi connectivity index (χ0v) is 12.9. The Morgan fingerprint density at radius 2 is 1.68 bits per heavy atom. The van der Waals surface area contributed by atoms with Gasteiger partial charge in [-0.1, -0.05) is 12.1 Å². The van der Waals surface area contributed by atoms with E-state index in [1.54, 1.807) is 31.2 Å². The molecular weight excluding hydrogens is 310 g/mol. The lowest BCUT2D eigenvalue weighted by molar-refractivity contribution is 0.600. The predicted octanol–water partition coefficient (Wildman–Crippen LogP) is 3.51. The Morgan fingerprint density at radius 3 is 2.27 bits per heavy atom. The molecule has 4 nitrogen and oxygen atoms in total. The monoisotopic (exact) mass is 326 g/mol. The summed E-state index contributed by atoms with van der Waals surface area (Å²) >= 11 is 0. The molecule has 22 heavy (non-hydrogen) atoms. The molecule has 0 aliphatic heterocycles. The van der Waals surface area contributed by atoms with Gasteiger partial charge in [0.25, 0.3) is 0 Å². The molecule has 0 saturated carbocycles. The number of rotatable bonds is 5. The summed E-state index contributed by atoms with van der Waals surface area (Å²) in [5, 5.41) is 2.88. The van der Waals surface area contributed by atoms with Crippen LogP contribution < -0.4 is 10.0 Å². The first-order chi connectivity index (χ1) is 10.2. The number of hydrogen-bond donors (Lipinski definition) is 2. The van der Waals surface area contributed by atoms with Gasteiger partial charge in [0, 0.05) is 11.7 Å². The van der Waals surface area contributed by atoms with Crippen LogP contribution in [0.15, 0.2) is 42.5 Å². The fourth-order valence-corrected chi connectivity index (χ4v) is 2.54. The van der Waals surface area contributed by atoms with E-state index in [1.807, 2.05) is 0 Å². The predicted molar refractivity (Wildman–Crippen MR) is 83.3 cm³/mol. The normalized spacial score (nSPS) is 12.7. The van der Waals surface area contributed by atoms with Gasteiger partial charge in [-0.2, -0.15) is 0 Å². The van der Waals surface area contributed by atoms with E-state index in [1.165, 1.54) is 0 Å². The van der Waals surface area contributed by atoms with Gasteiger partial charge in [-0.25, -0.2) is 17.2 Å². The van der Waals surface area contributed by atoms with Crippen LogP contribution in [0.5, 0.6) is 0 Å². The standard InChI is InChI=1S/C15H16F2N2O2S/c1-10(18-15-9-12(16)5-8-14(15)17)11-3-6-13(7-4-11)19-22(2,20)21/h3-10,18-19H,1-2H3/t10-/m1/s1. The molecule has 0 aliphatic rings. The van der Waals surface area contributed by atoms with Crippen molar-refractivity contribution in [2.45, 2.75) is 13.0 Å². The first kappa shape index (κ1) is 16.2. The van der Waals surface area contributed by atoms with Crippen molar-refractivity contribution in [1.82, 2.24) is 0 Å². The van der Waals surface area contributed by atoms with Gasteiger partial charge in [0.15, 0.2) is 0 Å². The van der Waals surface area contributed by atoms with Crippen molar-refractivity contribution >= 4 is 21.4 Å². The zero-order chi connectivity index (χ0) is 16.3. The first-order valence-corrected chi connectivity index (χ1v) is 8.43. The van der Waals surface area contributed by atoms with Gasteiger partial charge in [0.2, 0.25) is 10.0 Å². The van der Waals surface area contributed by atoms with Crippen molar-refractivity contribution in [3.05, 3.63) is 59.7 Å². The van der Waals surface area contributed by atoms with Crippen molar-refractivity contribution in [3.63, 3.8) is 0 Å². The van der Waals surface area contributed by atoms with Crippen LogP contribution in [0.2, 0.25) is 0 Å². The average Bonchev–Trinajstić information content (AvgIpc) is 2.42. The lowest BCUT2D eigenvalue weighted by atomic mass is 10.1. The van der Waals surface area contributed by atoms with Crippen LogP contribution in [0.4, 0.5) is 20.2 Å². The Kier molecular flexibility index (Phi) is 4.65. The van der Waals surface area contributed by atoms with E-state index < -0.39 is 21.7 Å². The molecule has 0 heterocycles. The number of nitrogens with one attached hydrogen (secondary N) is 2. The third-order valence-corrected chi connectivity index (χ3v) is 3.62.